The number of methoxy groups -OCH3 is 1. The number of ether oxygens (including phenoxy) is 2. The van der Waals surface area contributed by atoms with Gasteiger partial charge in [-0.3, -0.25) is 19.3 Å². The lowest BCUT2D eigenvalue weighted by Crippen LogP contribution is -2.52. The Kier molecular flexibility index (Phi) is 9.35. The van der Waals surface area contributed by atoms with Gasteiger partial charge in [0, 0.05) is 62.9 Å². The molecule has 4 heterocycles. The van der Waals surface area contributed by atoms with E-state index in [9.17, 15) is 14.4 Å². The van der Waals surface area contributed by atoms with Gasteiger partial charge in [0.1, 0.15) is 24.8 Å². The van der Waals surface area contributed by atoms with Gasteiger partial charge in [0.05, 0.1) is 18.3 Å². The Hall–Kier alpha value is -2.90. The van der Waals surface area contributed by atoms with Crippen LogP contribution in [0.1, 0.15) is 30.6 Å². The third-order valence-electron chi connectivity index (χ3n) is 8.01. The number of Topliss-reactive ketones (excluding diaryl/α,β-unsaturated/α-hetero) is 1. The largest absolute Gasteiger partial charge is 0.383 e. The van der Waals surface area contributed by atoms with E-state index in [0.29, 0.717) is 12.0 Å². The zero-order valence-electron chi connectivity index (χ0n) is 24.0. The topological polar surface area (TPSA) is 130 Å². The van der Waals surface area contributed by atoms with Crippen LogP contribution in [0, 0.1) is 5.92 Å². The molecule has 2 aromatic rings. The SMILES string of the molecule is COCCN1CCN(c2nc(-c3ccc(C(=O)N[C@@H](CC(C)C)C(=O)N4C[C@H](N)[C@H]5OCC(=O)[C@H]54)cc3)cs2)CC1. The Morgan fingerprint density at radius 3 is 2.61 bits per heavy atom. The molecule has 0 saturated carbocycles. The summed E-state index contributed by atoms with van der Waals surface area (Å²) >= 11 is 1.62. The highest BCUT2D eigenvalue weighted by molar-refractivity contribution is 7.14. The number of carbonyl (C=O) groups excluding carboxylic acids is 3. The number of ketones is 1. The highest BCUT2D eigenvalue weighted by atomic mass is 32.1. The highest BCUT2D eigenvalue weighted by Gasteiger charge is 2.52. The van der Waals surface area contributed by atoms with Crippen molar-refractivity contribution in [1.29, 1.82) is 0 Å². The predicted octanol–water partition coefficient (Wildman–Crippen LogP) is 1.23. The number of carbonyl (C=O) groups is 3. The quantitative estimate of drug-likeness (QED) is 0.424. The molecular formula is C29H40N6O5S. The summed E-state index contributed by atoms with van der Waals surface area (Å²) in [5, 5.41) is 5.96. The number of hydrogen-bond acceptors (Lipinski definition) is 10. The molecule has 12 heteroatoms. The molecule has 0 spiro atoms. The van der Waals surface area contributed by atoms with E-state index in [0.717, 1.165) is 55.7 Å². The molecule has 1 aromatic carbocycles. The molecule has 0 radical (unpaired) electrons. The minimum atomic E-state index is -0.766. The summed E-state index contributed by atoms with van der Waals surface area (Å²) in [5.41, 5.74) is 8.41. The molecule has 0 unspecified atom stereocenters. The van der Waals surface area contributed by atoms with E-state index >= 15 is 0 Å². The number of thiazole rings is 1. The number of anilines is 1. The zero-order valence-corrected chi connectivity index (χ0v) is 24.8. The summed E-state index contributed by atoms with van der Waals surface area (Å²) in [6, 6.07) is 5.41. The molecule has 3 fully saturated rings. The first-order valence-electron chi connectivity index (χ1n) is 14.3. The van der Waals surface area contributed by atoms with Gasteiger partial charge in [-0.25, -0.2) is 4.98 Å². The second-order valence-electron chi connectivity index (χ2n) is 11.4. The van der Waals surface area contributed by atoms with Crippen LogP contribution in [0.2, 0.25) is 0 Å². The Morgan fingerprint density at radius 2 is 1.93 bits per heavy atom. The normalized spacial score (nSPS) is 23.7. The molecular weight excluding hydrogens is 544 g/mol. The van der Waals surface area contributed by atoms with Crippen LogP contribution in [-0.2, 0) is 19.1 Å². The summed E-state index contributed by atoms with van der Waals surface area (Å²) in [5.74, 6) is -0.618. The van der Waals surface area contributed by atoms with E-state index in [4.69, 9.17) is 20.2 Å². The maximum atomic E-state index is 13.5. The number of benzene rings is 1. The predicted molar refractivity (Wildman–Crippen MR) is 157 cm³/mol. The number of piperazine rings is 1. The second kappa shape index (κ2) is 13.0. The fourth-order valence-corrected chi connectivity index (χ4v) is 6.66. The van der Waals surface area contributed by atoms with Crippen LogP contribution < -0.4 is 16.0 Å². The van der Waals surface area contributed by atoms with E-state index in [1.165, 1.54) is 4.90 Å². The van der Waals surface area contributed by atoms with Gasteiger partial charge in [0.2, 0.25) is 5.91 Å². The highest BCUT2D eigenvalue weighted by Crippen LogP contribution is 2.29. The molecule has 11 nitrogen and oxygen atoms in total. The average Bonchev–Trinajstić information content (AvgIpc) is 3.69. The van der Waals surface area contributed by atoms with Crippen LogP contribution in [0.5, 0.6) is 0 Å². The molecule has 41 heavy (non-hydrogen) atoms. The summed E-state index contributed by atoms with van der Waals surface area (Å²) in [4.78, 5) is 50.3. The van der Waals surface area contributed by atoms with Crippen molar-refractivity contribution >= 4 is 34.1 Å². The van der Waals surface area contributed by atoms with Crippen molar-refractivity contribution in [3.63, 3.8) is 0 Å². The maximum Gasteiger partial charge on any atom is 0.251 e. The number of nitrogens with zero attached hydrogens (tertiary/aromatic N) is 4. The van der Waals surface area contributed by atoms with Crippen LogP contribution in [-0.4, -0.2) is 116 Å². The molecule has 0 bridgehead atoms. The Bertz CT molecular complexity index is 1230. The van der Waals surface area contributed by atoms with Crippen LogP contribution in [0.4, 0.5) is 5.13 Å². The smallest absolute Gasteiger partial charge is 0.251 e. The third kappa shape index (κ3) is 6.62. The van der Waals surface area contributed by atoms with Crippen molar-refractivity contribution in [3.8, 4) is 11.3 Å². The van der Waals surface area contributed by atoms with Gasteiger partial charge in [-0.15, -0.1) is 11.3 Å². The minimum Gasteiger partial charge on any atom is -0.383 e. The zero-order chi connectivity index (χ0) is 29.1. The van der Waals surface area contributed by atoms with Gasteiger partial charge in [0.25, 0.3) is 5.91 Å². The molecule has 3 aliphatic heterocycles. The number of aromatic nitrogens is 1. The molecule has 2 amide bonds. The van der Waals surface area contributed by atoms with E-state index in [2.05, 4.69) is 15.1 Å². The maximum absolute atomic E-state index is 13.5. The second-order valence-corrected chi connectivity index (χ2v) is 12.2. The summed E-state index contributed by atoms with van der Waals surface area (Å²) < 4.78 is 10.7. The van der Waals surface area contributed by atoms with Crippen molar-refractivity contribution in [1.82, 2.24) is 20.1 Å². The van der Waals surface area contributed by atoms with E-state index in [-0.39, 0.29) is 36.7 Å². The first-order chi connectivity index (χ1) is 19.7. The van der Waals surface area contributed by atoms with E-state index < -0.39 is 24.2 Å². The van der Waals surface area contributed by atoms with Gasteiger partial charge < -0.3 is 30.3 Å². The molecule has 1 aromatic heterocycles. The van der Waals surface area contributed by atoms with Gasteiger partial charge >= 0.3 is 0 Å². The summed E-state index contributed by atoms with van der Waals surface area (Å²) in [6.07, 6.45) is -0.0329. The van der Waals surface area contributed by atoms with Crippen LogP contribution in [0.25, 0.3) is 11.3 Å². The lowest BCUT2D eigenvalue weighted by atomic mass is 10.0. The number of nitrogens with two attached hydrogens (primary N) is 1. The number of amides is 2. The molecule has 3 N–H and O–H groups in total. The lowest BCUT2D eigenvalue weighted by Gasteiger charge is -2.34. The Balaban J connectivity index is 1.21. The lowest BCUT2D eigenvalue weighted by molar-refractivity contribution is -0.138. The van der Waals surface area contributed by atoms with Gasteiger partial charge in [0.15, 0.2) is 10.9 Å². The number of likely N-dealkylation sites (tertiary alicyclic amines) is 1. The van der Waals surface area contributed by atoms with Gasteiger partial charge in [-0.05, 0) is 24.5 Å². The fraction of sp³-hybridized carbons (Fsp3) is 0.586. The summed E-state index contributed by atoms with van der Waals surface area (Å²) in [6.45, 7) is 9.70. The van der Waals surface area contributed by atoms with Crippen LogP contribution in [0.15, 0.2) is 29.6 Å². The van der Waals surface area contributed by atoms with Crippen molar-refractivity contribution in [3.05, 3.63) is 35.2 Å². The third-order valence-corrected chi connectivity index (χ3v) is 8.91. The monoisotopic (exact) mass is 584 g/mol. The molecule has 4 atom stereocenters. The first-order valence-corrected chi connectivity index (χ1v) is 15.2. The van der Waals surface area contributed by atoms with Gasteiger partial charge in [-0.2, -0.15) is 0 Å². The first kappa shape index (κ1) is 29.6. The van der Waals surface area contributed by atoms with Crippen LogP contribution >= 0.6 is 11.3 Å². The number of rotatable bonds is 10. The van der Waals surface area contributed by atoms with Crippen molar-refractivity contribution < 1.29 is 23.9 Å². The minimum absolute atomic E-state index is 0.0354. The average molecular weight is 585 g/mol. The van der Waals surface area contributed by atoms with Crippen molar-refractivity contribution in [2.75, 3.05) is 64.5 Å². The number of fused-ring (bicyclic) bond motifs is 1. The summed E-state index contributed by atoms with van der Waals surface area (Å²) in [7, 11) is 1.73. The van der Waals surface area contributed by atoms with Gasteiger partial charge in [-0.1, -0.05) is 26.0 Å². The van der Waals surface area contributed by atoms with Crippen molar-refractivity contribution in [2.45, 2.75) is 44.5 Å². The molecule has 5 rings (SSSR count). The molecule has 3 aliphatic rings. The number of nitrogens with one attached hydrogen (secondary N) is 1. The molecule has 222 valence electrons. The standard InChI is InChI=1S/C29H40N6O5S/c1-18(2)14-22(28(38)35-15-21(30)26-25(35)24(36)16-40-26)31-27(37)20-6-4-19(5-7-20)23-17-41-29(32-23)34-10-8-33(9-11-34)12-13-39-3/h4-7,17-18,21-22,25-26H,8-16,30H2,1-3H3,(H,31,37)/t21-,22-,25+,26+/m0/s1. The van der Waals surface area contributed by atoms with Crippen molar-refractivity contribution in [2.24, 2.45) is 11.7 Å². The number of hydrogen-bond donors (Lipinski definition) is 2. The Labute approximate surface area is 245 Å². The Morgan fingerprint density at radius 1 is 1.20 bits per heavy atom. The molecule has 0 aliphatic carbocycles. The van der Waals surface area contributed by atoms with E-state index in [1.54, 1.807) is 30.6 Å². The van der Waals surface area contributed by atoms with Crippen LogP contribution in [0.3, 0.4) is 0 Å². The van der Waals surface area contributed by atoms with E-state index in [1.807, 2.05) is 31.4 Å². The fourth-order valence-electron chi connectivity index (χ4n) is 5.77. The molecule has 3 saturated heterocycles.